The number of aliphatic hydroxyl groups excluding tert-OH is 1. The van der Waals surface area contributed by atoms with Crippen LogP contribution in [0.25, 0.3) is 0 Å². The lowest BCUT2D eigenvalue weighted by Gasteiger charge is -2.37. The number of aliphatic hydroxyl groups is 1. The molecule has 2 aromatic rings. The van der Waals surface area contributed by atoms with Gasteiger partial charge in [-0.25, -0.2) is 0 Å². The number of hydrogen-bond donors (Lipinski definition) is 2. The van der Waals surface area contributed by atoms with Gasteiger partial charge in [0.25, 0.3) is 6.29 Å². The Labute approximate surface area is 147 Å². The minimum absolute atomic E-state index is 0.284. The number of oxime groups is 1. The third-order valence-corrected chi connectivity index (χ3v) is 4.96. The van der Waals surface area contributed by atoms with Crippen molar-refractivity contribution < 1.29 is 15.1 Å². The van der Waals surface area contributed by atoms with E-state index in [1.807, 2.05) is 24.3 Å². The molecule has 2 N–H and O–H groups in total. The summed E-state index contributed by atoms with van der Waals surface area (Å²) in [5, 5.41) is 24.5. The topological polar surface area (TPSA) is 65.3 Å². The first-order valence-electron chi connectivity index (χ1n) is 8.79. The Balaban J connectivity index is 1.57. The van der Waals surface area contributed by atoms with Crippen molar-refractivity contribution in [3.05, 3.63) is 58.7 Å². The zero-order chi connectivity index (χ0) is 17.2. The molecular formula is C20H22N2O3. The second-order valence-electron chi connectivity index (χ2n) is 6.60. The van der Waals surface area contributed by atoms with Crippen LogP contribution in [0.3, 0.4) is 0 Å². The Morgan fingerprint density at radius 3 is 2.68 bits per heavy atom. The molecule has 0 saturated carbocycles. The molecule has 0 radical (unpaired) electrons. The van der Waals surface area contributed by atoms with Gasteiger partial charge in [0.2, 0.25) is 0 Å². The second-order valence-corrected chi connectivity index (χ2v) is 6.60. The Morgan fingerprint density at radius 2 is 1.88 bits per heavy atom. The molecule has 0 saturated heterocycles. The van der Waals surface area contributed by atoms with Gasteiger partial charge in [0, 0.05) is 35.5 Å². The number of anilines is 1. The van der Waals surface area contributed by atoms with Crippen molar-refractivity contribution in [1.29, 1.82) is 0 Å². The van der Waals surface area contributed by atoms with Crippen LogP contribution < -0.4 is 4.90 Å². The molecule has 0 aliphatic carbocycles. The summed E-state index contributed by atoms with van der Waals surface area (Å²) in [4.78, 5) is 7.53. The lowest BCUT2D eigenvalue weighted by Crippen LogP contribution is -2.34. The van der Waals surface area contributed by atoms with E-state index in [1.165, 1.54) is 17.5 Å². The van der Waals surface area contributed by atoms with E-state index in [2.05, 4.69) is 10.1 Å². The first-order chi connectivity index (χ1) is 12.2. The van der Waals surface area contributed by atoms with Crippen LogP contribution >= 0.6 is 0 Å². The Morgan fingerprint density at radius 1 is 1.12 bits per heavy atom. The molecule has 1 atom stereocenters. The van der Waals surface area contributed by atoms with Crippen LogP contribution in [0.2, 0.25) is 0 Å². The fourth-order valence-corrected chi connectivity index (χ4v) is 3.79. The fraction of sp³-hybridized carbons (Fsp3) is 0.350. The standard InChI is InChI=1S/C20H22N2O3/c23-19-16(13-21-25-20(24)14-6-2-1-3-7-14)12-15-8-4-10-22-11-5-9-17(19)18(15)22/h1-3,6-7,12-13,20,23-24H,4-5,8-11H2/b21-13+. The van der Waals surface area contributed by atoms with Crippen LogP contribution in [0.15, 0.2) is 41.6 Å². The lowest BCUT2D eigenvalue weighted by atomic mass is 9.89. The smallest absolute Gasteiger partial charge is 0.250 e. The van der Waals surface area contributed by atoms with E-state index in [9.17, 15) is 10.2 Å². The average Bonchev–Trinajstić information content (AvgIpc) is 2.66. The van der Waals surface area contributed by atoms with Crippen LogP contribution in [-0.2, 0) is 17.7 Å². The maximum Gasteiger partial charge on any atom is 0.250 e. The largest absolute Gasteiger partial charge is 0.507 e. The van der Waals surface area contributed by atoms with E-state index in [-0.39, 0.29) is 5.75 Å². The van der Waals surface area contributed by atoms with E-state index in [4.69, 9.17) is 4.84 Å². The molecule has 2 aromatic carbocycles. The van der Waals surface area contributed by atoms with E-state index < -0.39 is 6.29 Å². The highest BCUT2D eigenvalue weighted by molar-refractivity contribution is 5.87. The molecule has 5 nitrogen and oxygen atoms in total. The second kappa shape index (κ2) is 6.76. The van der Waals surface area contributed by atoms with Crippen molar-refractivity contribution in [3.8, 4) is 5.75 Å². The average molecular weight is 338 g/mol. The highest BCUT2D eigenvalue weighted by atomic mass is 16.7. The number of phenols is 1. The molecule has 0 spiro atoms. The van der Waals surface area contributed by atoms with Gasteiger partial charge in [-0.1, -0.05) is 35.5 Å². The molecule has 130 valence electrons. The van der Waals surface area contributed by atoms with Crippen LogP contribution in [0.4, 0.5) is 5.69 Å². The van der Waals surface area contributed by atoms with Crippen molar-refractivity contribution in [2.75, 3.05) is 18.0 Å². The first-order valence-corrected chi connectivity index (χ1v) is 8.79. The Kier molecular flexibility index (Phi) is 4.32. The molecule has 0 fully saturated rings. The molecule has 0 aromatic heterocycles. The maximum absolute atomic E-state index is 10.6. The van der Waals surface area contributed by atoms with Crippen LogP contribution in [-0.4, -0.2) is 29.5 Å². The highest BCUT2D eigenvalue weighted by Crippen LogP contribution is 2.41. The predicted molar refractivity (Wildman–Crippen MR) is 97.0 cm³/mol. The molecule has 0 amide bonds. The van der Waals surface area contributed by atoms with Crippen molar-refractivity contribution in [3.63, 3.8) is 0 Å². The Bertz CT molecular complexity index is 787. The lowest BCUT2D eigenvalue weighted by molar-refractivity contribution is -0.101. The van der Waals surface area contributed by atoms with Gasteiger partial charge in [-0.05, 0) is 37.3 Å². The summed E-state index contributed by atoms with van der Waals surface area (Å²) in [7, 11) is 0. The van der Waals surface area contributed by atoms with Gasteiger partial charge < -0.3 is 20.0 Å². The van der Waals surface area contributed by atoms with Gasteiger partial charge in [0.1, 0.15) is 5.75 Å². The molecule has 0 bridgehead atoms. The van der Waals surface area contributed by atoms with E-state index in [0.717, 1.165) is 44.3 Å². The number of hydrogen-bond acceptors (Lipinski definition) is 5. The van der Waals surface area contributed by atoms with E-state index >= 15 is 0 Å². The molecular weight excluding hydrogens is 316 g/mol. The third-order valence-electron chi connectivity index (χ3n) is 4.96. The van der Waals surface area contributed by atoms with Crippen molar-refractivity contribution in [1.82, 2.24) is 0 Å². The summed E-state index contributed by atoms with van der Waals surface area (Å²) < 4.78 is 0. The maximum atomic E-state index is 10.6. The fourth-order valence-electron chi connectivity index (χ4n) is 3.79. The summed E-state index contributed by atoms with van der Waals surface area (Å²) in [6.45, 7) is 2.14. The molecule has 2 aliphatic heterocycles. The third kappa shape index (κ3) is 3.07. The first kappa shape index (κ1) is 16.0. The minimum Gasteiger partial charge on any atom is -0.507 e. The van der Waals surface area contributed by atoms with Gasteiger partial charge in [-0.2, -0.15) is 0 Å². The normalized spacial score (nSPS) is 17.4. The van der Waals surface area contributed by atoms with Crippen molar-refractivity contribution in [2.45, 2.75) is 32.0 Å². The zero-order valence-corrected chi connectivity index (χ0v) is 14.1. The summed E-state index contributed by atoms with van der Waals surface area (Å²) in [6.07, 6.45) is 4.48. The van der Waals surface area contributed by atoms with Crippen LogP contribution in [0, 0.1) is 0 Å². The SMILES string of the molecule is Oc1c(/C=N/OC(O)c2ccccc2)cc2c3c1CCCN3CCC2. The number of nitrogens with zero attached hydrogens (tertiary/aromatic N) is 2. The molecule has 25 heavy (non-hydrogen) atoms. The monoisotopic (exact) mass is 338 g/mol. The molecule has 2 heterocycles. The van der Waals surface area contributed by atoms with Crippen molar-refractivity contribution in [2.24, 2.45) is 5.16 Å². The quantitative estimate of drug-likeness (QED) is 0.511. The zero-order valence-electron chi connectivity index (χ0n) is 14.1. The van der Waals surface area contributed by atoms with Crippen LogP contribution in [0.5, 0.6) is 5.75 Å². The van der Waals surface area contributed by atoms with Gasteiger partial charge in [-0.3, -0.25) is 0 Å². The number of aromatic hydroxyl groups is 1. The minimum atomic E-state index is -1.12. The number of benzene rings is 2. The summed E-state index contributed by atoms with van der Waals surface area (Å²) in [6, 6.07) is 11.1. The number of aryl methyl sites for hydroxylation is 1. The summed E-state index contributed by atoms with van der Waals surface area (Å²) in [5.74, 6) is 0.284. The molecule has 2 aliphatic rings. The summed E-state index contributed by atoms with van der Waals surface area (Å²) >= 11 is 0. The van der Waals surface area contributed by atoms with E-state index in [0.29, 0.717) is 11.1 Å². The molecule has 5 heteroatoms. The van der Waals surface area contributed by atoms with E-state index in [1.54, 1.807) is 12.1 Å². The van der Waals surface area contributed by atoms with Crippen LogP contribution in [0.1, 0.15) is 41.4 Å². The molecule has 4 rings (SSSR count). The number of phenolic OH excluding ortho intramolecular Hbond substituents is 1. The highest BCUT2D eigenvalue weighted by Gasteiger charge is 2.27. The van der Waals surface area contributed by atoms with Crippen molar-refractivity contribution >= 4 is 11.9 Å². The van der Waals surface area contributed by atoms with Gasteiger partial charge in [0.15, 0.2) is 0 Å². The predicted octanol–water partition coefficient (Wildman–Crippen LogP) is 3.13. The summed E-state index contributed by atoms with van der Waals surface area (Å²) in [5.41, 5.74) is 4.80. The molecule has 1 unspecified atom stereocenters. The number of rotatable bonds is 4. The van der Waals surface area contributed by atoms with Gasteiger partial charge in [0.05, 0.1) is 6.21 Å². The van der Waals surface area contributed by atoms with Gasteiger partial charge >= 0.3 is 0 Å². The Hall–Kier alpha value is -2.53. The van der Waals surface area contributed by atoms with Gasteiger partial charge in [-0.15, -0.1) is 0 Å².